The lowest BCUT2D eigenvalue weighted by atomic mass is 9.28. The molecule has 3 nitrogen and oxygen atoms in total. The van der Waals surface area contributed by atoms with E-state index in [1.807, 2.05) is 11.8 Å². The fourth-order valence-corrected chi connectivity index (χ4v) is 15.2. The first-order valence-electron chi connectivity index (χ1n) is 26.7. The molecule has 0 unspecified atom stereocenters. The van der Waals surface area contributed by atoms with Crippen molar-refractivity contribution in [3.63, 3.8) is 0 Å². The summed E-state index contributed by atoms with van der Waals surface area (Å²) in [5.41, 5.74) is 31.9. The van der Waals surface area contributed by atoms with Crippen LogP contribution in [0.15, 0.2) is 246 Å². The Balaban J connectivity index is 1.06. The normalized spacial score (nSPS) is 13.8. The number of hydrogen-bond donors (Lipinski definition) is 0. The number of hydrogen-bond acceptors (Lipinski definition) is 4. The Morgan fingerprint density at radius 2 is 0.750 bits per heavy atom. The first kappa shape index (κ1) is 43.7. The summed E-state index contributed by atoms with van der Waals surface area (Å²) in [6, 6.07) is 89.7. The van der Waals surface area contributed by atoms with Crippen LogP contribution < -0.4 is 63.9 Å². The van der Waals surface area contributed by atoms with Crippen LogP contribution in [0.3, 0.4) is 0 Å². The van der Waals surface area contributed by atoms with Gasteiger partial charge < -0.3 is 14.7 Å². The van der Waals surface area contributed by atoms with Crippen LogP contribution >= 0.6 is 11.8 Å². The second kappa shape index (κ2) is 16.7. The molecule has 5 heterocycles. The molecule has 0 amide bonds. The lowest BCUT2D eigenvalue weighted by Gasteiger charge is -2.51. The zero-order valence-electron chi connectivity index (χ0n) is 42.5. The van der Waals surface area contributed by atoms with Gasteiger partial charge in [-0.05, 0) is 136 Å². The van der Waals surface area contributed by atoms with Crippen LogP contribution in [0.5, 0.6) is 0 Å². The molecule has 16 rings (SSSR count). The van der Waals surface area contributed by atoms with Crippen molar-refractivity contribution in [3.05, 3.63) is 253 Å². The average Bonchev–Trinajstić information content (AvgIpc) is 3.58. The summed E-state index contributed by atoms with van der Waals surface area (Å²) < 4.78 is 0. The highest BCUT2D eigenvalue weighted by Gasteiger charge is 2.52. The molecule has 0 bridgehead atoms. The minimum Gasteiger partial charge on any atom is -0.312 e. The third-order valence-corrected chi connectivity index (χ3v) is 18.2. The van der Waals surface area contributed by atoms with Crippen molar-refractivity contribution >= 4 is 132 Å². The van der Waals surface area contributed by atoms with Gasteiger partial charge in [-0.15, -0.1) is 0 Å². The molecular weight excluding hydrogens is 935 g/mol. The molecule has 0 atom stereocenters. The Morgan fingerprint density at radius 3 is 1.34 bits per heavy atom. The number of rotatable bonds is 5. The fraction of sp³-hybridized carbons (Fsp3) is 0.0435. The van der Waals surface area contributed by atoms with Gasteiger partial charge in [-0.3, -0.25) is 0 Å². The fourth-order valence-electron chi connectivity index (χ4n) is 14.1. The van der Waals surface area contributed by atoms with Gasteiger partial charge in [-0.2, -0.15) is 0 Å². The lowest BCUT2D eigenvalue weighted by molar-refractivity contribution is 1.22. The summed E-state index contributed by atoms with van der Waals surface area (Å²) in [5.74, 6) is 0. The largest absolute Gasteiger partial charge is 0.312 e. The topological polar surface area (TPSA) is 9.72 Å². The van der Waals surface area contributed by atoms with Gasteiger partial charge in [-0.25, -0.2) is 0 Å². The van der Waals surface area contributed by atoms with Crippen molar-refractivity contribution in [2.75, 3.05) is 14.7 Å². The van der Waals surface area contributed by atoms with E-state index in [1.165, 1.54) is 138 Å². The minimum atomic E-state index is -0.0866. The van der Waals surface area contributed by atoms with Gasteiger partial charge in [0.25, 0.3) is 13.4 Å². The maximum atomic E-state index is 2.70. The standard InChI is InChI=1S/C69H48B3N3S/c1-43-36-44(2)66(45(3)37-43)72-55-29-17-19-31-64(55)76-65-42-61-56(40-57(65)72)71-54-35-33-49(47-22-10-5-11-23-47)39-60(54)75-59-38-48(46-20-8-4-9-21-46)32-34-53(59)70-52-28-16-18-30-58(52)73(50-24-12-6-13-25-50)62-41-63(68(71)69(75)67(62)70)74(61)51-26-14-7-15-27-51/h4-42H,1-3H3. The molecule has 5 aliphatic rings. The molecule has 0 fully saturated rings. The van der Waals surface area contributed by atoms with E-state index in [1.54, 1.807) is 0 Å². The van der Waals surface area contributed by atoms with Gasteiger partial charge in [0.15, 0.2) is 0 Å². The van der Waals surface area contributed by atoms with Crippen molar-refractivity contribution in [2.24, 2.45) is 0 Å². The number of nitrogens with zero attached hydrogens (tertiary/aromatic N) is 3. The van der Waals surface area contributed by atoms with Crippen molar-refractivity contribution in [1.29, 1.82) is 0 Å². The van der Waals surface area contributed by atoms with Crippen LogP contribution in [0.1, 0.15) is 16.7 Å². The van der Waals surface area contributed by atoms with E-state index in [2.05, 4.69) is 272 Å². The maximum Gasteiger partial charge on any atom is 0.252 e. The lowest BCUT2D eigenvalue weighted by Crippen LogP contribution is -2.69. The number of para-hydroxylation sites is 3. The van der Waals surface area contributed by atoms with Gasteiger partial charge in [-0.1, -0.05) is 221 Å². The van der Waals surface area contributed by atoms with Gasteiger partial charge in [0.2, 0.25) is 6.71 Å². The van der Waals surface area contributed by atoms with Crippen molar-refractivity contribution < 1.29 is 0 Å². The molecule has 0 saturated carbocycles. The first-order valence-corrected chi connectivity index (χ1v) is 27.5. The van der Waals surface area contributed by atoms with Crippen LogP contribution in [-0.2, 0) is 0 Å². The third-order valence-electron chi connectivity index (χ3n) is 17.0. The number of aryl methyl sites for hydroxylation is 3. The molecule has 0 N–H and O–H groups in total. The van der Waals surface area contributed by atoms with E-state index in [0.717, 1.165) is 11.4 Å². The van der Waals surface area contributed by atoms with Gasteiger partial charge >= 0.3 is 0 Å². The Kier molecular flexibility index (Phi) is 9.60. The molecule has 7 heteroatoms. The monoisotopic (exact) mass is 983 g/mol. The van der Waals surface area contributed by atoms with Crippen LogP contribution in [0.2, 0.25) is 0 Å². The molecule has 11 aromatic carbocycles. The average molecular weight is 984 g/mol. The molecule has 11 aromatic rings. The van der Waals surface area contributed by atoms with Crippen LogP contribution in [0.4, 0.5) is 51.2 Å². The Bertz CT molecular complexity index is 4200. The number of fused-ring (bicyclic) bond motifs is 12. The molecule has 0 aliphatic carbocycles. The van der Waals surface area contributed by atoms with Gasteiger partial charge in [0.05, 0.1) is 0 Å². The molecular formula is C69H48B3N3S. The molecule has 0 radical (unpaired) electrons. The summed E-state index contributed by atoms with van der Waals surface area (Å²) in [6.45, 7) is 6.83. The Hall–Kier alpha value is -8.64. The smallest absolute Gasteiger partial charge is 0.252 e. The molecule has 0 aromatic heterocycles. The van der Waals surface area contributed by atoms with Crippen molar-refractivity contribution in [3.8, 4) is 22.3 Å². The number of benzene rings is 11. The predicted molar refractivity (Wildman–Crippen MR) is 327 cm³/mol. The zero-order chi connectivity index (χ0) is 50.3. The highest BCUT2D eigenvalue weighted by molar-refractivity contribution is 8.00. The van der Waals surface area contributed by atoms with Gasteiger partial charge in [0.1, 0.15) is 0 Å². The Morgan fingerprint density at radius 1 is 0.289 bits per heavy atom. The van der Waals surface area contributed by atoms with E-state index in [0.29, 0.717) is 0 Å². The summed E-state index contributed by atoms with van der Waals surface area (Å²) in [7, 11) is 0. The second-order valence-electron chi connectivity index (χ2n) is 21.3. The van der Waals surface area contributed by atoms with Crippen molar-refractivity contribution in [2.45, 2.75) is 30.6 Å². The summed E-state index contributed by atoms with van der Waals surface area (Å²) >= 11 is 1.93. The zero-order valence-corrected chi connectivity index (χ0v) is 43.3. The molecule has 5 aliphatic heterocycles. The SMILES string of the molecule is Cc1cc(C)c(B2c3ccccc3Sc3cc4c(cc32)B2c3ccc(-c5ccccc5)cc3N3c5cc(-c6ccccc6)ccc5B5c6ccccc6N(c6ccccc6)c6cc(c2c3c65)N4c2ccccc2)c(C)c1. The number of anilines is 9. The molecule has 76 heavy (non-hydrogen) atoms. The summed E-state index contributed by atoms with van der Waals surface area (Å²) in [4.78, 5) is 10.5. The van der Waals surface area contributed by atoms with E-state index >= 15 is 0 Å². The molecule has 0 saturated heterocycles. The highest BCUT2D eigenvalue weighted by atomic mass is 32.2. The molecule has 354 valence electrons. The van der Waals surface area contributed by atoms with E-state index in [9.17, 15) is 0 Å². The maximum absolute atomic E-state index is 2.70. The summed E-state index contributed by atoms with van der Waals surface area (Å²) in [5, 5.41) is 0. The van der Waals surface area contributed by atoms with Gasteiger partial charge in [0, 0.05) is 61.0 Å². The first-order chi connectivity index (χ1) is 37.5. The van der Waals surface area contributed by atoms with Crippen LogP contribution in [0.25, 0.3) is 22.3 Å². The van der Waals surface area contributed by atoms with Crippen molar-refractivity contribution in [1.82, 2.24) is 0 Å². The van der Waals surface area contributed by atoms with Crippen LogP contribution in [-0.4, -0.2) is 20.1 Å². The second-order valence-corrected chi connectivity index (χ2v) is 22.4. The van der Waals surface area contributed by atoms with E-state index in [4.69, 9.17) is 0 Å². The summed E-state index contributed by atoms with van der Waals surface area (Å²) in [6.07, 6.45) is 0. The molecule has 0 spiro atoms. The van der Waals surface area contributed by atoms with E-state index in [-0.39, 0.29) is 20.1 Å². The quantitative estimate of drug-likeness (QED) is 0.159. The third kappa shape index (κ3) is 6.30. The van der Waals surface area contributed by atoms with E-state index < -0.39 is 0 Å². The predicted octanol–water partition coefficient (Wildman–Crippen LogP) is 11.6. The highest BCUT2D eigenvalue weighted by Crippen LogP contribution is 2.51. The van der Waals surface area contributed by atoms with Crippen LogP contribution in [0, 0.1) is 20.8 Å². The Labute approximate surface area is 450 Å². The minimum absolute atomic E-state index is 0.0260.